The number of hydrogen-bond acceptors (Lipinski definition) is 4. The van der Waals surface area contributed by atoms with Crippen molar-refractivity contribution in [3.05, 3.63) is 35.4 Å². The molecule has 1 heterocycles. The van der Waals surface area contributed by atoms with E-state index in [1.807, 2.05) is 39.0 Å². The number of carbonyl (C=O) groups is 2. The molecule has 1 unspecified atom stereocenters. The van der Waals surface area contributed by atoms with Gasteiger partial charge >= 0.3 is 0 Å². The number of nitrogens with one attached hydrogen (secondary N) is 2. The molecule has 2 amide bonds. The molecule has 0 aliphatic carbocycles. The maximum absolute atomic E-state index is 12.6. The number of benzene rings is 1. The molecule has 1 fully saturated rings. The first-order valence-electron chi connectivity index (χ1n) is 9.93. The molecule has 0 saturated carbocycles. The van der Waals surface area contributed by atoms with E-state index < -0.39 is 6.04 Å². The Morgan fingerprint density at radius 2 is 1.78 bits per heavy atom. The third-order valence-electron chi connectivity index (χ3n) is 5.17. The quantitative estimate of drug-likeness (QED) is 0.677. The van der Waals surface area contributed by atoms with E-state index in [1.54, 1.807) is 6.07 Å². The van der Waals surface area contributed by atoms with Gasteiger partial charge in [-0.1, -0.05) is 32.0 Å². The number of aryl methyl sites for hydroxylation is 1. The van der Waals surface area contributed by atoms with Crippen molar-refractivity contribution in [2.24, 2.45) is 5.92 Å². The summed E-state index contributed by atoms with van der Waals surface area (Å²) >= 11 is 0. The van der Waals surface area contributed by atoms with Crippen LogP contribution < -0.4 is 10.6 Å². The summed E-state index contributed by atoms with van der Waals surface area (Å²) in [4.78, 5) is 29.9. The van der Waals surface area contributed by atoms with Gasteiger partial charge in [0.15, 0.2) is 0 Å². The lowest BCUT2D eigenvalue weighted by Crippen LogP contribution is -2.50. The molecule has 0 bridgehead atoms. The van der Waals surface area contributed by atoms with E-state index in [0.29, 0.717) is 12.1 Å². The molecule has 0 radical (unpaired) electrons. The highest BCUT2D eigenvalue weighted by atomic mass is 16.2. The van der Waals surface area contributed by atoms with E-state index in [9.17, 15) is 9.59 Å². The Balaban J connectivity index is 1.79. The van der Waals surface area contributed by atoms with Gasteiger partial charge in [0.1, 0.15) is 6.04 Å². The van der Waals surface area contributed by atoms with Gasteiger partial charge in [0.05, 0.1) is 0 Å². The zero-order chi connectivity index (χ0) is 19.8. The molecule has 2 N–H and O–H groups in total. The largest absolute Gasteiger partial charge is 0.354 e. The van der Waals surface area contributed by atoms with E-state index in [4.69, 9.17) is 0 Å². The number of amides is 2. The number of carbonyl (C=O) groups excluding carboxylic acids is 2. The Hall–Kier alpha value is -1.92. The smallest absolute Gasteiger partial charge is 0.252 e. The van der Waals surface area contributed by atoms with E-state index in [0.717, 1.165) is 44.7 Å². The fourth-order valence-corrected chi connectivity index (χ4v) is 3.28. The zero-order valence-corrected chi connectivity index (χ0v) is 17.1. The zero-order valence-electron chi connectivity index (χ0n) is 17.1. The predicted octanol–water partition coefficient (Wildman–Crippen LogP) is 1.50. The Kier molecular flexibility index (Phi) is 8.25. The molecule has 1 atom stereocenters. The third-order valence-corrected chi connectivity index (χ3v) is 5.17. The molecule has 2 rings (SSSR count). The Morgan fingerprint density at radius 1 is 1.11 bits per heavy atom. The number of nitrogens with zero attached hydrogens (tertiary/aromatic N) is 2. The highest BCUT2D eigenvalue weighted by Gasteiger charge is 2.25. The summed E-state index contributed by atoms with van der Waals surface area (Å²) in [5, 5.41) is 5.89. The minimum atomic E-state index is -0.527. The lowest BCUT2D eigenvalue weighted by molar-refractivity contribution is -0.123. The van der Waals surface area contributed by atoms with Crippen molar-refractivity contribution >= 4 is 11.8 Å². The number of hydrogen-bond donors (Lipinski definition) is 2. The second kappa shape index (κ2) is 10.4. The lowest BCUT2D eigenvalue weighted by Gasteiger charge is -2.32. The van der Waals surface area contributed by atoms with Crippen molar-refractivity contribution in [3.8, 4) is 0 Å². The van der Waals surface area contributed by atoms with Gasteiger partial charge in [0.2, 0.25) is 5.91 Å². The van der Waals surface area contributed by atoms with Crippen LogP contribution >= 0.6 is 0 Å². The molecular formula is C21H34N4O2. The third kappa shape index (κ3) is 6.63. The van der Waals surface area contributed by atoms with Crippen molar-refractivity contribution in [1.82, 2.24) is 20.4 Å². The van der Waals surface area contributed by atoms with Gasteiger partial charge in [-0.05, 0) is 44.5 Å². The van der Waals surface area contributed by atoms with Crippen LogP contribution in [0.1, 0.15) is 36.2 Å². The van der Waals surface area contributed by atoms with Crippen LogP contribution in [0.3, 0.4) is 0 Å². The van der Waals surface area contributed by atoms with Gasteiger partial charge in [-0.15, -0.1) is 0 Å². The monoisotopic (exact) mass is 374 g/mol. The molecule has 150 valence electrons. The molecule has 1 aliphatic heterocycles. The van der Waals surface area contributed by atoms with Gasteiger partial charge in [-0.2, -0.15) is 0 Å². The van der Waals surface area contributed by atoms with Gasteiger partial charge in [-0.25, -0.2) is 0 Å². The molecule has 1 saturated heterocycles. The maximum Gasteiger partial charge on any atom is 0.252 e. The summed E-state index contributed by atoms with van der Waals surface area (Å²) in [5.41, 5.74) is 1.52. The second-order valence-corrected chi connectivity index (χ2v) is 7.80. The molecule has 6 heteroatoms. The van der Waals surface area contributed by atoms with Crippen LogP contribution in [0.25, 0.3) is 0 Å². The average Bonchev–Trinajstić information content (AvgIpc) is 2.64. The molecule has 27 heavy (non-hydrogen) atoms. The minimum absolute atomic E-state index is 0.0237. The first kappa shape index (κ1) is 21.4. The molecule has 0 spiro atoms. The van der Waals surface area contributed by atoms with Gasteiger partial charge < -0.3 is 20.4 Å². The molecule has 1 aromatic rings. The summed E-state index contributed by atoms with van der Waals surface area (Å²) in [5.74, 6) is -0.278. The van der Waals surface area contributed by atoms with Crippen molar-refractivity contribution in [2.45, 2.75) is 33.2 Å². The first-order chi connectivity index (χ1) is 12.9. The van der Waals surface area contributed by atoms with Crippen LogP contribution in [-0.4, -0.2) is 74.0 Å². The first-order valence-corrected chi connectivity index (χ1v) is 9.93. The fourth-order valence-electron chi connectivity index (χ4n) is 3.28. The average molecular weight is 375 g/mol. The van der Waals surface area contributed by atoms with Crippen molar-refractivity contribution in [2.75, 3.05) is 46.3 Å². The number of rotatable bonds is 8. The summed E-state index contributed by atoms with van der Waals surface area (Å²) < 4.78 is 0. The van der Waals surface area contributed by atoms with Gasteiger partial charge in [0, 0.05) is 38.3 Å². The maximum atomic E-state index is 12.6. The molecular weight excluding hydrogens is 340 g/mol. The normalized spacial score (nSPS) is 16.9. The Bertz CT molecular complexity index is 624. The van der Waals surface area contributed by atoms with Crippen LogP contribution in [0.15, 0.2) is 24.3 Å². The second-order valence-electron chi connectivity index (χ2n) is 7.80. The van der Waals surface area contributed by atoms with Crippen LogP contribution in [0.4, 0.5) is 0 Å². The summed E-state index contributed by atoms with van der Waals surface area (Å²) in [6, 6.07) is 6.90. The van der Waals surface area contributed by atoms with E-state index in [2.05, 4.69) is 27.5 Å². The van der Waals surface area contributed by atoms with Crippen LogP contribution in [-0.2, 0) is 4.79 Å². The van der Waals surface area contributed by atoms with Crippen LogP contribution in [0, 0.1) is 12.8 Å². The van der Waals surface area contributed by atoms with Crippen LogP contribution in [0.2, 0.25) is 0 Å². The number of likely N-dealkylation sites (N-methyl/N-ethyl adjacent to an activating group) is 1. The summed E-state index contributed by atoms with van der Waals surface area (Å²) in [6.45, 7) is 11.8. The SMILES string of the molecule is Cc1ccccc1C(=O)NC(C(=O)NCCCN1CCN(C)CC1)C(C)C. The Labute approximate surface area is 163 Å². The molecule has 1 aromatic carbocycles. The molecule has 1 aliphatic rings. The molecule has 0 aromatic heterocycles. The highest BCUT2D eigenvalue weighted by Crippen LogP contribution is 2.09. The summed E-state index contributed by atoms with van der Waals surface area (Å²) in [7, 11) is 2.15. The predicted molar refractivity (Wildman–Crippen MR) is 109 cm³/mol. The minimum Gasteiger partial charge on any atom is -0.354 e. The van der Waals surface area contributed by atoms with Gasteiger partial charge in [0.25, 0.3) is 5.91 Å². The summed E-state index contributed by atoms with van der Waals surface area (Å²) in [6.07, 6.45) is 0.923. The van der Waals surface area contributed by atoms with E-state index in [1.165, 1.54) is 0 Å². The van der Waals surface area contributed by atoms with Crippen molar-refractivity contribution in [1.29, 1.82) is 0 Å². The van der Waals surface area contributed by atoms with Crippen LogP contribution in [0.5, 0.6) is 0 Å². The number of piperazine rings is 1. The van der Waals surface area contributed by atoms with Crippen molar-refractivity contribution in [3.63, 3.8) is 0 Å². The highest BCUT2D eigenvalue weighted by molar-refractivity contribution is 5.98. The lowest BCUT2D eigenvalue weighted by atomic mass is 10.0. The fraction of sp³-hybridized carbons (Fsp3) is 0.619. The van der Waals surface area contributed by atoms with Gasteiger partial charge in [-0.3, -0.25) is 9.59 Å². The Morgan fingerprint density at radius 3 is 2.41 bits per heavy atom. The van der Waals surface area contributed by atoms with E-state index in [-0.39, 0.29) is 17.7 Å². The molecule has 6 nitrogen and oxygen atoms in total. The topological polar surface area (TPSA) is 64.7 Å². The standard InChI is InChI=1S/C21H34N4O2/c1-16(2)19(23-20(26)18-9-6-5-8-17(18)3)21(27)22-10-7-11-25-14-12-24(4)13-15-25/h5-6,8-9,16,19H,7,10-15H2,1-4H3,(H,22,27)(H,23,26). The van der Waals surface area contributed by atoms with Crippen molar-refractivity contribution < 1.29 is 9.59 Å². The van der Waals surface area contributed by atoms with E-state index >= 15 is 0 Å².